The molecule has 0 saturated carbocycles. The Morgan fingerprint density at radius 1 is 0.667 bits per heavy atom. The second-order valence-electron chi connectivity index (χ2n) is 4.67. The number of alkyl halides is 1. The minimum absolute atomic E-state index is 0.216. The lowest BCUT2D eigenvalue weighted by atomic mass is 10.1. The van der Waals surface area contributed by atoms with Crippen molar-refractivity contribution in [1.82, 2.24) is 0 Å². The van der Waals surface area contributed by atoms with Gasteiger partial charge in [-0.15, -0.1) is 0 Å². The summed E-state index contributed by atoms with van der Waals surface area (Å²) in [5.41, 5.74) is 0. The van der Waals surface area contributed by atoms with Crippen molar-refractivity contribution in [2.45, 2.75) is 64.2 Å². The van der Waals surface area contributed by atoms with E-state index in [1.807, 2.05) is 12.2 Å². The molecule has 1 nitrogen and oxygen atoms in total. The minimum atomic E-state index is -0.216. The second kappa shape index (κ2) is 16.4. The maximum Gasteiger partial charge on any atom is 0.0897 e. The molecule has 18 heavy (non-hydrogen) atoms. The molecule has 0 fully saturated rings. The molecule has 0 aromatic rings. The van der Waals surface area contributed by atoms with Crippen molar-refractivity contribution in [2.24, 2.45) is 0 Å². The number of allylic oxidation sites excluding steroid dienone is 4. The summed E-state index contributed by atoms with van der Waals surface area (Å²) >= 11 is 0. The second-order valence-corrected chi connectivity index (χ2v) is 4.67. The Morgan fingerprint density at radius 3 is 1.72 bits per heavy atom. The molecule has 0 aromatic heterocycles. The van der Waals surface area contributed by atoms with E-state index < -0.39 is 0 Å². The molecule has 0 aliphatic carbocycles. The van der Waals surface area contributed by atoms with Gasteiger partial charge in [0.05, 0.1) is 6.67 Å². The molecular weight excluding hydrogens is 227 g/mol. The Bertz CT molecular complexity index is 199. The topological polar surface area (TPSA) is 20.2 Å². The van der Waals surface area contributed by atoms with Gasteiger partial charge in [0.2, 0.25) is 0 Å². The lowest BCUT2D eigenvalue weighted by molar-refractivity contribution is 0.282. The normalized spacial score (nSPS) is 11.9. The maximum atomic E-state index is 11.8. The fourth-order valence-corrected chi connectivity index (χ4v) is 1.80. The standard InChI is InChI=1S/C16H29FO/c17-15-13-11-9-7-5-3-1-2-4-6-8-10-12-14-16-18/h3,5,7,9,18H,1-2,4,6,8,10-16H2/b5-3+,9-7-. The number of aliphatic hydroxyl groups excluding tert-OH is 1. The molecule has 0 heterocycles. The van der Waals surface area contributed by atoms with Gasteiger partial charge < -0.3 is 5.11 Å². The summed E-state index contributed by atoms with van der Waals surface area (Å²) in [6.45, 7) is 0.121. The van der Waals surface area contributed by atoms with Crippen LogP contribution in [0.5, 0.6) is 0 Å². The highest BCUT2D eigenvalue weighted by molar-refractivity contribution is 5.02. The number of aliphatic hydroxyl groups is 1. The van der Waals surface area contributed by atoms with Gasteiger partial charge in [0.15, 0.2) is 0 Å². The number of hydrogen-bond donors (Lipinski definition) is 1. The highest BCUT2D eigenvalue weighted by Crippen LogP contribution is 2.08. The van der Waals surface area contributed by atoms with Crippen molar-refractivity contribution in [3.63, 3.8) is 0 Å². The molecule has 0 bridgehead atoms. The zero-order chi connectivity index (χ0) is 13.3. The first kappa shape index (κ1) is 17.4. The van der Waals surface area contributed by atoms with Crippen molar-refractivity contribution in [3.8, 4) is 0 Å². The van der Waals surface area contributed by atoms with Crippen LogP contribution in [0.15, 0.2) is 24.3 Å². The van der Waals surface area contributed by atoms with Crippen LogP contribution >= 0.6 is 0 Å². The molecule has 0 saturated heterocycles. The van der Waals surface area contributed by atoms with E-state index in [2.05, 4.69) is 12.2 Å². The molecule has 0 amide bonds. The third-order valence-corrected chi connectivity index (χ3v) is 2.92. The molecule has 2 heteroatoms. The predicted molar refractivity (Wildman–Crippen MR) is 77.5 cm³/mol. The molecule has 106 valence electrons. The van der Waals surface area contributed by atoms with Gasteiger partial charge in [-0.05, 0) is 32.1 Å². The van der Waals surface area contributed by atoms with Crippen molar-refractivity contribution >= 4 is 0 Å². The van der Waals surface area contributed by atoms with Crippen LogP contribution in [0.4, 0.5) is 4.39 Å². The quantitative estimate of drug-likeness (QED) is 0.365. The highest BCUT2D eigenvalue weighted by Gasteiger charge is 1.90. The van der Waals surface area contributed by atoms with Crippen molar-refractivity contribution in [3.05, 3.63) is 24.3 Å². The molecule has 0 unspecified atom stereocenters. The first-order valence-electron chi connectivity index (χ1n) is 7.40. The smallest absolute Gasteiger partial charge is 0.0897 e. The fourth-order valence-electron chi connectivity index (χ4n) is 1.80. The number of rotatable bonds is 13. The van der Waals surface area contributed by atoms with Crippen LogP contribution in [0.1, 0.15) is 64.2 Å². The van der Waals surface area contributed by atoms with Crippen LogP contribution in [0.2, 0.25) is 0 Å². The molecular formula is C16H29FO. The summed E-state index contributed by atoms with van der Waals surface area (Å²) in [5, 5.41) is 8.63. The van der Waals surface area contributed by atoms with Gasteiger partial charge in [-0.3, -0.25) is 4.39 Å². The van der Waals surface area contributed by atoms with Gasteiger partial charge in [0.1, 0.15) is 0 Å². The zero-order valence-electron chi connectivity index (χ0n) is 11.6. The molecule has 0 aromatic carbocycles. The van der Waals surface area contributed by atoms with Gasteiger partial charge in [-0.1, -0.05) is 56.4 Å². The van der Waals surface area contributed by atoms with E-state index in [9.17, 15) is 4.39 Å². The maximum absolute atomic E-state index is 11.8. The lowest BCUT2D eigenvalue weighted by Crippen LogP contribution is -1.83. The van der Waals surface area contributed by atoms with Crippen LogP contribution in [0.25, 0.3) is 0 Å². The van der Waals surface area contributed by atoms with Gasteiger partial charge >= 0.3 is 0 Å². The average Bonchev–Trinajstić information content (AvgIpc) is 2.39. The van der Waals surface area contributed by atoms with E-state index >= 15 is 0 Å². The largest absolute Gasteiger partial charge is 0.396 e. The van der Waals surface area contributed by atoms with Crippen molar-refractivity contribution < 1.29 is 9.50 Å². The van der Waals surface area contributed by atoms with E-state index in [0.29, 0.717) is 13.0 Å². The Hall–Kier alpha value is -0.630. The van der Waals surface area contributed by atoms with Crippen LogP contribution in [0, 0.1) is 0 Å². The fraction of sp³-hybridized carbons (Fsp3) is 0.750. The zero-order valence-corrected chi connectivity index (χ0v) is 11.6. The van der Waals surface area contributed by atoms with Crippen molar-refractivity contribution in [2.75, 3.05) is 13.3 Å². The predicted octanol–water partition coefficient (Wildman–Crippen LogP) is 4.96. The van der Waals surface area contributed by atoms with E-state index in [0.717, 1.165) is 19.3 Å². The first-order valence-corrected chi connectivity index (χ1v) is 7.40. The van der Waals surface area contributed by atoms with Crippen LogP contribution in [-0.4, -0.2) is 18.4 Å². The summed E-state index contributed by atoms with van der Waals surface area (Å²) in [5.74, 6) is 0. The number of unbranched alkanes of at least 4 members (excludes halogenated alkanes) is 8. The lowest BCUT2D eigenvalue weighted by Gasteiger charge is -1.99. The molecule has 0 atom stereocenters. The molecule has 0 spiro atoms. The molecule has 0 radical (unpaired) electrons. The van der Waals surface area contributed by atoms with Crippen LogP contribution in [0.3, 0.4) is 0 Å². The summed E-state index contributed by atoms with van der Waals surface area (Å²) in [4.78, 5) is 0. The van der Waals surface area contributed by atoms with E-state index in [-0.39, 0.29) is 6.67 Å². The third kappa shape index (κ3) is 15.4. The van der Waals surface area contributed by atoms with Crippen LogP contribution < -0.4 is 0 Å². The monoisotopic (exact) mass is 256 g/mol. The van der Waals surface area contributed by atoms with Crippen LogP contribution in [-0.2, 0) is 0 Å². The summed E-state index contributed by atoms with van der Waals surface area (Å²) < 4.78 is 11.8. The summed E-state index contributed by atoms with van der Waals surface area (Å²) in [6.07, 6.45) is 19.5. The highest BCUT2D eigenvalue weighted by atomic mass is 19.1. The van der Waals surface area contributed by atoms with Gasteiger partial charge in [0.25, 0.3) is 0 Å². The minimum Gasteiger partial charge on any atom is -0.396 e. The third-order valence-electron chi connectivity index (χ3n) is 2.92. The van der Waals surface area contributed by atoms with Gasteiger partial charge in [-0.25, -0.2) is 0 Å². The number of hydrogen-bond acceptors (Lipinski definition) is 1. The van der Waals surface area contributed by atoms with Gasteiger partial charge in [-0.2, -0.15) is 0 Å². The Morgan fingerprint density at radius 2 is 1.17 bits per heavy atom. The first-order chi connectivity index (χ1) is 8.91. The Balaban J connectivity index is 3.10. The SMILES string of the molecule is OCCCCCCCCC/C=C/C=C\CCCF. The number of halogens is 1. The summed E-state index contributed by atoms with van der Waals surface area (Å²) in [6, 6.07) is 0. The Kier molecular flexibility index (Phi) is 15.8. The summed E-state index contributed by atoms with van der Waals surface area (Å²) in [7, 11) is 0. The average molecular weight is 256 g/mol. The van der Waals surface area contributed by atoms with E-state index in [1.165, 1.54) is 38.5 Å². The molecule has 1 N–H and O–H groups in total. The van der Waals surface area contributed by atoms with Gasteiger partial charge in [0, 0.05) is 6.61 Å². The van der Waals surface area contributed by atoms with E-state index in [4.69, 9.17) is 5.11 Å². The molecule has 0 aliphatic rings. The van der Waals surface area contributed by atoms with Crippen molar-refractivity contribution in [1.29, 1.82) is 0 Å². The Labute approximate surface area is 112 Å². The van der Waals surface area contributed by atoms with E-state index in [1.54, 1.807) is 0 Å². The molecule has 0 aliphatic heterocycles. The molecule has 0 rings (SSSR count).